The minimum atomic E-state index is -0.554. The fourth-order valence-corrected chi connectivity index (χ4v) is 2.71. The van der Waals surface area contributed by atoms with E-state index < -0.39 is 5.91 Å². The van der Waals surface area contributed by atoms with E-state index in [-0.39, 0.29) is 37.0 Å². The van der Waals surface area contributed by atoms with Crippen LogP contribution in [-0.2, 0) is 25.6 Å². The van der Waals surface area contributed by atoms with Gasteiger partial charge in [-0.25, -0.2) is 4.39 Å². The highest BCUT2D eigenvalue weighted by molar-refractivity contribution is 5.78. The van der Waals surface area contributed by atoms with E-state index in [1.165, 1.54) is 6.07 Å². The Labute approximate surface area is 146 Å². The molecule has 25 heavy (non-hydrogen) atoms. The lowest BCUT2D eigenvalue weighted by atomic mass is 10.1. The molecule has 2 amide bonds. The number of halogens is 1. The minimum absolute atomic E-state index is 0.105. The summed E-state index contributed by atoms with van der Waals surface area (Å²) in [6, 6.07) is 6.12. The van der Waals surface area contributed by atoms with Gasteiger partial charge in [-0.15, -0.1) is 0 Å². The van der Waals surface area contributed by atoms with E-state index in [2.05, 4.69) is 5.32 Å². The van der Waals surface area contributed by atoms with E-state index in [0.717, 1.165) is 0 Å². The van der Waals surface area contributed by atoms with Gasteiger partial charge in [0.2, 0.25) is 11.8 Å². The van der Waals surface area contributed by atoms with Crippen molar-refractivity contribution in [3.8, 4) is 0 Å². The molecule has 2 atom stereocenters. The number of carbonyl (C=O) groups is 2. The topological polar surface area (TPSA) is 93.9 Å². The highest BCUT2D eigenvalue weighted by atomic mass is 19.1. The molecule has 1 aromatic rings. The number of nitrogens with zero attached hydrogens (tertiary/aromatic N) is 1. The normalized spacial score (nSPS) is 20.4. The molecule has 1 aromatic carbocycles. The molecule has 0 aromatic heterocycles. The van der Waals surface area contributed by atoms with Gasteiger partial charge >= 0.3 is 0 Å². The van der Waals surface area contributed by atoms with Gasteiger partial charge in [0.15, 0.2) is 0 Å². The van der Waals surface area contributed by atoms with Crippen LogP contribution in [0.5, 0.6) is 0 Å². The molecule has 1 aliphatic heterocycles. The molecule has 8 heteroatoms. The third kappa shape index (κ3) is 6.41. The molecule has 138 valence electrons. The number of benzene rings is 1. The summed E-state index contributed by atoms with van der Waals surface area (Å²) in [4.78, 5) is 24.8. The number of hydrogen-bond acceptors (Lipinski definition) is 5. The quantitative estimate of drug-likeness (QED) is 0.688. The SMILES string of the molecule is CN(CC(=O)N[C@@H]1COCC[C@@H]1OCC(N)=O)Cc1ccccc1F. The van der Waals surface area contributed by atoms with Crippen LogP contribution in [0.25, 0.3) is 0 Å². The van der Waals surface area contributed by atoms with Crippen molar-refractivity contribution >= 4 is 11.8 Å². The summed E-state index contributed by atoms with van der Waals surface area (Å²) in [5.74, 6) is -1.07. The number of carbonyl (C=O) groups excluding carboxylic acids is 2. The average molecular weight is 353 g/mol. The molecule has 0 spiro atoms. The van der Waals surface area contributed by atoms with Crippen LogP contribution >= 0.6 is 0 Å². The highest BCUT2D eigenvalue weighted by Gasteiger charge is 2.28. The van der Waals surface area contributed by atoms with E-state index in [4.69, 9.17) is 15.2 Å². The van der Waals surface area contributed by atoms with Crippen LogP contribution in [0.2, 0.25) is 0 Å². The Morgan fingerprint density at radius 3 is 2.92 bits per heavy atom. The van der Waals surface area contributed by atoms with Gasteiger partial charge in [0.25, 0.3) is 0 Å². The fraction of sp³-hybridized carbons (Fsp3) is 0.529. The Balaban J connectivity index is 1.83. The maximum Gasteiger partial charge on any atom is 0.243 e. The Hall–Kier alpha value is -2.03. The van der Waals surface area contributed by atoms with Crippen molar-refractivity contribution in [2.45, 2.75) is 25.1 Å². The van der Waals surface area contributed by atoms with Gasteiger partial charge in [-0.1, -0.05) is 18.2 Å². The lowest BCUT2D eigenvalue weighted by Gasteiger charge is -2.32. The van der Waals surface area contributed by atoms with Crippen molar-refractivity contribution in [2.75, 3.05) is 33.4 Å². The zero-order valence-corrected chi connectivity index (χ0v) is 14.2. The number of hydrogen-bond donors (Lipinski definition) is 2. The van der Waals surface area contributed by atoms with Crippen LogP contribution in [0, 0.1) is 5.82 Å². The predicted octanol–water partition coefficient (Wildman–Crippen LogP) is 0.0331. The van der Waals surface area contributed by atoms with Gasteiger partial charge in [-0.3, -0.25) is 14.5 Å². The second-order valence-corrected chi connectivity index (χ2v) is 6.12. The first-order valence-corrected chi connectivity index (χ1v) is 8.14. The van der Waals surface area contributed by atoms with Crippen molar-refractivity contribution in [2.24, 2.45) is 5.73 Å². The maximum absolute atomic E-state index is 13.7. The molecule has 2 rings (SSSR count). The van der Waals surface area contributed by atoms with E-state index in [1.54, 1.807) is 30.1 Å². The number of nitrogens with one attached hydrogen (secondary N) is 1. The van der Waals surface area contributed by atoms with Gasteiger partial charge in [0, 0.05) is 18.7 Å². The number of nitrogens with two attached hydrogens (primary N) is 1. The standard InChI is InChI=1S/C17H24FN3O4/c1-21(8-12-4-2-3-5-13(12)18)9-17(23)20-14-10-24-7-6-15(14)25-11-16(19)22/h2-5,14-15H,6-11H2,1H3,(H2,19,22)(H,20,23)/t14-,15+/m1/s1. The van der Waals surface area contributed by atoms with Crippen molar-refractivity contribution in [1.29, 1.82) is 0 Å². The van der Waals surface area contributed by atoms with Gasteiger partial charge in [-0.05, 0) is 19.5 Å². The Morgan fingerprint density at radius 1 is 1.44 bits per heavy atom. The smallest absolute Gasteiger partial charge is 0.243 e. The summed E-state index contributed by atoms with van der Waals surface area (Å²) in [5.41, 5.74) is 5.62. The van der Waals surface area contributed by atoms with E-state index in [0.29, 0.717) is 31.7 Å². The molecule has 1 aliphatic rings. The van der Waals surface area contributed by atoms with E-state index in [9.17, 15) is 14.0 Å². The summed E-state index contributed by atoms with van der Waals surface area (Å²) in [7, 11) is 1.74. The lowest BCUT2D eigenvalue weighted by molar-refractivity contribution is -0.131. The molecule has 1 heterocycles. The van der Waals surface area contributed by atoms with Crippen molar-refractivity contribution in [1.82, 2.24) is 10.2 Å². The van der Waals surface area contributed by atoms with Gasteiger partial charge in [0.05, 0.1) is 25.3 Å². The van der Waals surface area contributed by atoms with Crippen LogP contribution < -0.4 is 11.1 Å². The summed E-state index contributed by atoms with van der Waals surface area (Å²) in [6.45, 7) is 1.05. The van der Waals surface area contributed by atoms with Gasteiger partial charge < -0.3 is 20.5 Å². The van der Waals surface area contributed by atoms with Crippen molar-refractivity contribution in [3.63, 3.8) is 0 Å². The first-order chi connectivity index (χ1) is 12.0. The van der Waals surface area contributed by atoms with Crippen LogP contribution in [0.15, 0.2) is 24.3 Å². The zero-order chi connectivity index (χ0) is 18.2. The molecule has 1 fully saturated rings. The second-order valence-electron chi connectivity index (χ2n) is 6.12. The van der Waals surface area contributed by atoms with Crippen LogP contribution in [0.1, 0.15) is 12.0 Å². The third-order valence-electron chi connectivity index (χ3n) is 3.89. The Kier molecular flexibility index (Phi) is 7.30. The largest absolute Gasteiger partial charge is 0.379 e. The average Bonchev–Trinajstić information content (AvgIpc) is 2.56. The molecule has 0 radical (unpaired) electrons. The maximum atomic E-state index is 13.7. The van der Waals surface area contributed by atoms with E-state index >= 15 is 0 Å². The number of likely N-dealkylation sites (N-methyl/N-ethyl adjacent to an activating group) is 1. The molecule has 3 N–H and O–H groups in total. The van der Waals surface area contributed by atoms with Crippen molar-refractivity contribution < 1.29 is 23.5 Å². The van der Waals surface area contributed by atoms with Crippen LogP contribution in [-0.4, -0.2) is 62.3 Å². The molecular formula is C17H24FN3O4. The van der Waals surface area contributed by atoms with Gasteiger partial charge in [-0.2, -0.15) is 0 Å². The summed E-state index contributed by atoms with van der Waals surface area (Å²) >= 11 is 0. The zero-order valence-electron chi connectivity index (χ0n) is 14.2. The summed E-state index contributed by atoms with van der Waals surface area (Å²) < 4.78 is 24.5. The predicted molar refractivity (Wildman–Crippen MR) is 89.0 cm³/mol. The molecule has 0 bridgehead atoms. The minimum Gasteiger partial charge on any atom is -0.379 e. The number of primary amides is 1. The Bertz CT molecular complexity index is 599. The van der Waals surface area contributed by atoms with Gasteiger partial charge in [0.1, 0.15) is 12.4 Å². The fourth-order valence-electron chi connectivity index (χ4n) is 2.71. The lowest BCUT2D eigenvalue weighted by Crippen LogP contribution is -2.52. The number of amides is 2. The second kappa shape index (κ2) is 9.45. The number of rotatable bonds is 8. The van der Waals surface area contributed by atoms with Crippen LogP contribution in [0.4, 0.5) is 4.39 Å². The molecule has 0 aliphatic carbocycles. The third-order valence-corrected chi connectivity index (χ3v) is 3.89. The van der Waals surface area contributed by atoms with Crippen molar-refractivity contribution in [3.05, 3.63) is 35.6 Å². The molecule has 1 saturated heterocycles. The van der Waals surface area contributed by atoms with E-state index in [1.807, 2.05) is 0 Å². The molecular weight excluding hydrogens is 329 g/mol. The summed E-state index contributed by atoms with van der Waals surface area (Å²) in [6.07, 6.45) is 0.255. The Morgan fingerprint density at radius 2 is 2.20 bits per heavy atom. The molecule has 0 unspecified atom stereocenters. The first-order valence-electron chi connectivity index (χ1n) is 8.14. The van der Waals surface area contributed by atoms with Crippen LogP contribution in [0.3, 0.4) is 0 Å². The highest BCUT2D eigenvalue weighted by Crippen LogP contribution is 2.12. The first kappa shape index (κ1) is 19.3. The monoisotopic (exact) mass is 353 g/mol. The molecule has 7 nitrogen and oxygen atoms in total. The molecule has 0 saturated carbocycles. The summed E-state index contributed by atoms with van der Waals surface area (Å²) in [5, 5.41) is 2.85. The number of ether oxygens (including phenoxy) is 2.